The van der Waals surface area contributed by atoms with Crippen molar-refractivity contribution in [2.24, 2.45) is 0 Å². The fraction of sp³-hybridized carbons (Fsp3) is 0.278. The summed E-state index contributed by atoms with van der Waals surface area (Å²) in [4.78, 5) is 13.2. The topological polar surface area (TPSA) is 52.0 Å². The first-order valence-electron chi connectivity index (χ1n) is 7.70. The van der Waals surface area contributed by atoms with Crippen molar-refractivity contribution >= 4 is 34.8 Å². The van der Waals surface area contributed by atoms with Crippen molar-refractivity contribution < 1.29 is 19.2 Å². The molecule has 2 aromatic rings. The molecule has 0 aliphatic heterocycles. The molecular formula is C18H21Cl2N2O3+. The molecule has 25 heavy (non-hydrogen) atoms. The number of likely N-dealkylation sites (N-methyl/N-ethyl adjacent to an activating group) is 1. The van der Waals surface area contributed by atoms with Gasteiger partial charge < -0.3 is 19.7 Å². The van der Waals surface area contributed by atoms with Crippen LogP contribution in [0.25, 0.3) is 0 Å². The Bertz CT molecular complexity index is 753. The molecule has 0 aliphatic carbocycles. The zero-order valence-corrected chi connectivity index (χ0v) is 15.9. The average molecular weight is 384 g/mol. The predicted octanol–water partition coefficient (Wildman–Crippen LogP) is 2.66. The van der Waals surface area contributed by atoms with Crippen molar-refractivity contribution in [1.29, 1.82) is 0 Å². The van der Waals surface area contributed by atoms with Crippen molar-refractivity contribution in [1.82, 2.24) is 0 Å². The van der Waals surface area contributed by atoms with E-state index in [0.29, 0.717) is 33.8 Å². The number of carbonyl (C=O) groups excluding carboxylic acids is 1. The minimum atomic E-state index is -0.137. The summed E-state index contributed by atoms with van der Waals surface area (Å²) in [6, 6.07) is 10.9. The van der Waals surface area contributed by atoms with Crippen molar-refractivity contribution in [3.8, 4) is 11.5 Å². The number of nitrogens with one attached hydrogen (secondary N) is 2. The quantitative estimate of drug-likeness (QED) is 0.772. The highest BCUT2D eigenvalue weighted by Gasteiger charge is 2.14. The largest absolute Gasteiger partial charge is 0.493 e. The Morgan fingerprint density at radius 1 is 1.12 bits per heavy atom. The summed E-state index contributed by atoms with van der Waals surface area (Å²) in [5.74, 6) is 1.21. The number of methoxy groups -OCH3 is 2. The molecule has 1 amide bonds. The SMILES string of the molecule is COc1ccc(C[NH+](C)CC(=O)Nc2cccc(Cl)c2Cl)cc1OC. The zero-order chi connectivity index (χ0) is 18.4. The third-order valence-corrected chi connectivity index (χ3v) is 4.46. The van der Waals surface area contributed by atoms with Crippen LogP contribution in [0.4, 0.5) is 5.69 Å². The van der Waals surface area contributed by atoms with Gasteiger partial charge in [0.05, 0.1) is 37.0 Å². The maximum absolute atomic E-state index is 12.2. The number of quaternary nitrogens is 1. The maximum Gasteiger partial charge on any atom is 0.279 e. The molecule has 5 nitrogen and oxygen atoms in total. The van der Waals surface area contributed by atoms with Gasteiger partial charge in [-0.1, -0.05) is 29.3 Å². The van der Waals surface area contributed by atoms with Crippen molar-refractivity contribution in [2.75, 3.05) is 33.1 Å². The summed E-state index contributed by atoms with van der Waals surface area (Å²) in [6.45, 7) is 0.953. The van der Waals surface area contributed by atoms with E-state index in [9.17, 15) is 4.79 Å². The van der Waals surface area contributed by atoms with Gasteiger partial charge in [0.25, 0.3) is 5.91 Å². The van der Waals surface area contributed by atoms with Crippen LogP contribution in [0.2, 0.25) is 10.0 Å². The van der Waals surface area contributed by atoms with E-state index in [-0.39, 0.29) is 12.5 Å². The highest BCUT2D eigenvalue weighted by molar-refractivity contribution is 6.43. The monoisotopic (exact) mass is 383 g/mol. The highest BCUT2D eigenvalue weighted by atomic mass is 35.5. The number of benzene rings is 2. The first kappa shape index (κ1) is 19.4. The van der Waals surface area contributed by atoms with E-state index in [1.54, 1.807) is 32.4 Å². The zero-order valence-electron chi connectivity index (χ0n) is 14.4. The van der Waals surface area contributed by atoms with E-state index >= 15 is 0 Å². The van der Waals surface area contributed by atoms with Crippen molar-refractivity contribution in [3.63, 3.8) is 0 Å². The third kappa shape index (κ3) is 5.26. The van der Waals surface area contributed by atoms with Gasteiger partial charge in [-0.05, 0) is 30.3 Å². The van der Waals surface area contributed by atoms with Gasteiger partial charge in [-0.3, -0.25) is 4.79 Å². The van der Waals surface area contributed by atoms with E-state index in [0.717, 1.165) is 10.5 Å². The lowest BCUT2D eigenvalue weighted by molar-refractivity contribution is -0.885. The van der Waals surface area contributed by atoms with Crippen LogP contribution in [-0.2, 0) is 11.3 Å². The molecule has 0 bridgehead atoms. The average Bonchev–Trinajstić information content (AvgIpc) is 2.58. The molecule has 2 aromatic carbocycles. The summed E-state index contributed by atoms with van der Waals surface area (Å²) in [5, 5.41) is 3.54. The molecule has 0 radical (unpaired) electrons. The Kier molecular flexibility index (Phi) is 6.93. The Labute approximate surface area is 157 Å². The van der Waals surface area contributed by atoms with Crippen LogP contribution in [0.5, 0.6) is 11.5 Å². The van der Waals surface area contributed by atoms with Gasteiger partial charge in [0.15, 0.2) is 18.0 Å². The number of carbonyl (C=O) groups is 1. The van der Waals surface area contributed by atoms with Gasteiger partial charge in [0.2, 0.25) is 0 Å². The van der Waals surface area contributed by atoms with Crippen LogP contribution in [0, 0.1) is 0 Å². The van der Waals surface area contributed by atoms with E-state index in [1.165, 1.54) is 0 Å². The number of halogens is 2. The summed E-state index contributed by atoms with van der Waals surface area (Å²) in [6.07, 6.45) is 0. The fourth-order valence-corrected chi connectivity index (χ4v) is 2.82. The molecule has 7 heteroatoms. The molecule has 134 valence electrons. The minimum Gasteiger partial charge on any atom is -0.493 e. The van der Waals surface area contributed by atoms with Crippen molar-refractivity contribution in [2.45, 2.75) is 6.54 Å². The van der Waals surface area contributed by atoms with E-state index in [1.807, 2.05) is 25.2 Å². The van der Waals surface area contributed by atoms with Crippen LogP contribution in [-0.4, -0.2) is 33.7 Å². The fourth-order valence-electron chi connectivity index (χ4n) is 2.47. The molecule has 2 rings (SSSR count). The number of amides is 1. The van der Waals surface area contributed by atoms with E-state index in [2.05, 4.69) is 5.32 Å². The predicted molar refractivity (Wildman–Crippen MR) is 100 cm³/mol. The minimum absolute atomic E-state index is 0.137. The van der Waals surface area contributed by atoms with Crippen LogP contribution < -0.4 is 19.7 Å². The molecule has 0 fully saturated rings. The number of hydrogen-bond donors (Lipinski definition) is 2. The number of hydrogen-bond acceptors (Lipinski definition) is 3. The van der Waals surface area contributed by atoms with E-state index in [4.69, 9.17) is 32.7 Å². The molecule has 1 atom stereocenters. The molecule has 0 heterocycles. The Morgan fingerprint density at radius 2 is 1.84 bits per heavy atom. The normalized spacial score (nSPS) is 11.7. The molecular weight excluding hydrogens is 363 g/mol. The van der Waals surface area contributed by atoms with Gasteiger partial charge in [-0.2, -0.15) is 0 Å². The van der Waals surface area contributed by atoms with Crippen LogP contribution in [0.1, 0.15) is 5.56 Å². The molecule has 1 unspecified atom stereocenters. The molecule has 0 saturated carbocycles. The lowest BCUT2D eigenvalue weighted by atomic mass is 10.2. The second kappa shape index (κ2) is 8.94. The van der Waals surface area contributed by atoms with Gasteiger partial charge in [0, 0.05) is 5.56 Å². The standard InChI is InChI=1S/C18H20Cl2N2O3/c1-22(10-12-7-8-15(24-2)16(9-12)25-3)11-17(23)21-14-6-4-5-13(19)18(14)20/h4-9H,10-11H2,1-3H3,(H,21,23)/p+1. The molecule has 0 saturated heterocycles. The molecule has 0 aromatic heterocycles. The summed E-state index contributed by atoms with van der Waals surface area (Å²) < 4.78 is 10.5. The van der Waals surface area contributed by atoms with Gasteiger partial charge in [0.1, 0.15) is 6.54 Å². The first-order chi connectivity index (χ1) is 11.9. The second-order valence-electron chi connectivity index (χ2n) is 5.65. The lowest BCUT2D eigenvalue weighted by Crippen LogP contribution is -3.08. The summed E-state index contributed by atoms with van der Waals surface area (Å²) in [7, 11) is 5.14. The highest BCUT2D eigenvalue weighted by Crippen LogP contribution is 2.29. The van der Waals surface area contributed by atoms with Crippen molar-refractivity contribution in [3.05, 3.63) is 52.0 Å². The smallest absolute Gasteiger partial charge is 0.279 e. The van der Waals surface area contributed by atoms with Crippen LogP contribution in [0.15, 0.2) is 36.4 Å². The summed E-state index contributed by atoms with van der Waals surface area (Å²) >= 11 is 12.0. The van der Waals surface area contributed by atoms with Crippen LogP contribution >= 0.6 is 23.2 Å². The number of anilines is 1. The number of rotatable bonds is 7. The third-order valence-electron chi connectivity index (χ3n) is 3.64. The van der Waals surface area contributed by atoms with E-state index < -0.39 is 0 Å². The van der Waals surface area contributed by atoms with Gasteiger partial charge >= 0.3 is 0 Å². The summed E-state index contributed by atoms with van der Waals surface area (Å²) in [5.41, 5.74) is 1.56. The van der Waals surface area contributed by atoms with Crippen LogP contribution in [0.3, 0.4) is 0 Å². The number of ether oxygens (including phenoxy) is 2. The molecule has 0 aliphatic rings. The Hall–Kier alpha value is -1.95. The lowest BCUT2D eigenvalue weighted by Gasteiger charge is -2.16. The van der Waals surface area contributed by atoms with Gasteiger partial charge in [-0.25, -0.2) is 0 Å². The first-order valence-corrected chi connectivity index (χ1v) is 8.46. The molecule has 0 spiro atoms. The van der Waals surface area contributed by atoms with Gasteiger partial charge in [-0.15, -0.1) is 0 Å². The Balaban J connectivity index is 1.96. The second-order valence-corrected chi connectivity index (χ2v) is 6.43. The maximum atomic E-state index is 12.2. The Morgan fingerprint density at radius 3 is 2.52 bits per heavy atom. The molecule has 2 N–H and O–H groups in total.